The largest absolute Gasteiger partial charge is 0.484 e. The summed E-state index contributed by atoms with van der Waals surface area (Å²) in [5.41, 5.74) is 1.16. The number of ether oxygens (including phenoxy) is 1. The highest BCUT2D eigenvalue weighted by molar-refractivity contribution is 6.09. The van der Waals surface area contributed by atoms with Gasteiger partial charge < -0.3 is 15.0 Å². The fourth-order valence-corrected chi connectivity index (χ4v) is 2.81. The van der Waals surface area contributed by atoms with Crippen LogP contribution in [-0.4, -0.2) is 41.4 Å². The van der Waals surface area contributed by atoms with Crippen LogP contribution in [0, 0.1) is 11.3 Å². The van der Waals surface area contributed by atoms with E-state index in [1.54, 1.807) is 47.5 Å². The molecule has 0 radical (unpaired) electrons. The lowest BCUT2D eigenvalue weighted by Crippen LogP contribution is -2.32. The minimum Gasteiger partial charge on any atom is -0.484 e. The van der Waals surface area contributed by atoms with Crippen molar-refractivity contribution in [3.63, 3.8) is 0 Å². The smallest absolute Gasteiger partial charge is 0.266 e. The average Bonchev–Trinajstić information content (AvgIpc) is 3.27. The highest BCUT2D eigenvalue weighted by Crippen LogP contribution is 2.16. The maximum absolute atomic E-state index is 12.2. The van der Waals surface area contributed by atoms with Crippen LogP contribution in [0.5, 0.6) is 5.75 Å². The summed E-state index contributed by atoms with van der Waals surface area (Å²) in [6, 6.07) is 12.2. The topological polar surface area (TPSA) is 95.3 Å². The third kappa shape index (κ3) is 5.17. The lowest BCUT2D eigenvalue weighted by Gasteiger charge is -2.15. The van der Waals surface area contributed by atoms with E-state index in [9.17, 15) is 14.9 Å². The first kappa shape index (κ1) is 19.1. The SMILES string of the molecule is N#C/C(=C\c1ccc(OCC(=O)N2CCCC2)cc1)C(=O)Nc1cccnc1. The first-order chi connectivity index (χ1) is 13.7. The third-order valence-electron chi connectivity index (χ3n) is 4.30. The van der Waals surface area contributed by atoms with Crippen molar-refractivity contribution in [1.29, 1.82) is 5.26 Å². The zero-order valence-corrected chi connectivity index (χ0v) is 15.3. The Balaban J connectivity index is 1.59. The van der Waals surface area contributed by atoms with Gasteiger partial charge in [-0.05, 0) is 48.7 Å². The minimum atomic E-state index is -0.507. The molecule has 0 bridgehead atoms. The maximum atomic E-state index is 12.2. The van der Waals surface area contributed by atoms with Gasteiger partial charge in [0, 0.05) is 19.3 Å². The number of pyridine rings is 1. The molecule has 2 aromatic rings. The van der Waals surface area contributed by atoms with Crippen molar-refractivity contribution in [3.05, 3.63) is 59.9 Å². The van der Waals surface area contributed by atoms with Crippen LogP contribution in [0.4, 0.5) is 5.69 Å². The van der Waals surface area contributed by atoms with Gasteiger partial charge in [0.15, 0.2) is 6.61 Å². The molecule has 28 heavy (non-hydrogen) atoms. The number of benzene rings is 1. The second-order valence-corrected chi connectivity index (χ2v) is 6.31. The lowest BCUT2D eigenvalue weighted by molar-refractivity contribution is -0.132. The summed E-state index contributed by atoms with van der Waals surface area (Å²) in [4.78, 5) is 29.9. The predicted molar refractivity (Wildman–Crippen MR) is 104 cm³/mol. The quantitative estimate of drug-likeness (QED) is 0.618. The van der Waals surface area contributed by atoms with Crippen LogP contribution in [0.25, 0.3) is 6.08 Å². The van der Waals surface area contributed by atoms with E-state index >= 15 is 0 Å². The number of anilines is 1. The molecule has 0 spiro atoms. The van der Waals surface area contributed by atoms with Gasteiger partial charge in [-0.3, -0.25) is 14.6 Å². The van der Waals surface area contributed by atoms with Crippen LogP contribution in [0.1, 0.15) is 18.4 Å². The van der Waals surface area contributed by atoms with Crippen LogP contribution >= 0.6 is 0 Å². The molecule has 2 heterocycles. The second-order valence-electron chi connectivity index (χ2n) is 6.31. The van der Waals surface area contributed by atoms with E-state index in [0.717, 1.165) is 25.9 Å². The molecule has 1 saturated heterocycles. The fourth-order valence-electron chi connectivity index (χ4n) is 2.81. The summed E-state index contributed by atoms with van der Waals surface area (Å²) in [5, 5.41) is 11.9. The van der Waals surface area contributed by atoms with Gasteiger partial charge in [-0.25, -0.2) is 0 Å². The van der Waals surface area contributed by atoms with Crippen LogP contribution in [-0.2, 0) is 9.59 Å². The van der Waals surface area contributed by atoms with Gasteiger partial charge in [0.2, 0.25) is 0 Å². The number of nitrogens with zero attached hydrogens (tertiary/aromatic N) is 3. The molecule has 1 aromatic heterocycles. The number of carbonyl (C=O) groups is 2. The number of amides is 2. The Labute approximate surface area is 163 Å². The molecular formula is C21H20N4O3. The zero-order chi connectivity index (χ0) is 19.8. The number of nitrogens with one attached hydrogen (secondary N) is 1. The number of hydrogen-bond acceptors (Lipinski definition) is 5. The average molecular weight is 376 g/mol. The number of rotatable bonds is 6. The normalized spacial score (nSPS) is 13.7. The monoisotopic (exact) mass is 376 g/mol. The molecule has 1 aromatic carbocycles. The van der Waals surface area contributed by atoms with Crippen molar-refractivity contribution in [2.24, 2.45) is 0 Å². The van der Waals surface area contributed by atoms with E-state index in [1.165, 1.54) is 12.3 Å². The molecule has 1 aliphatic heterocycles. The second kappa shape index (κ2) is 9.33. The zero-order valence-electron chi connectivity index (χ0n) is 15.3. The van der Waals surface area contributed by atoms with E-state index in [2.05, 4.69) is 10.3 Å². The molecule has 7 heteroatoms. The minimum absolute atomic E-state index is 0.00610. The first-order valence-electron chi connectivity index (χ1n) is 8.99. The van der Waals surface area contributed by atoms with Crippen LogP contribution in [0.15, 0.2) is 54.4 Å². The molecule has 1 N–H and O–H groups in total. The molecule has 0 saturated carbocycles. The van der Waals surface area contributed by atoms with Crippen LogP contribution < -0.4 is 10.1 Å². The van der Waals surface area contributed by atoms with E-state index < -0.39 is 5.91 Å². The van der Waals surface area contributed by atoms with Gasteiger partial charge in [-0.1, -0.05) is 12.1 Å². The number of nitriles is 1. The third-order valence-corrected chi connectivity index (χ3v) is 4.30. The molecule has 1 aliphatic rings. The fraction of sp³-hybridized carbons (Fsp3) is 0.238. The lowest BCUT2D eigenvalue weighted by atomic mass is 10.1. The van der Waals surface area contributed by atoms with Gasteiger partial charge in [0.25, 0.3) is 11.8 Å². The molecule has 2 amide bonds. The van der Waals surface area contributed by atoms with Gasteiger partial charge in [-0.2, -0.15) is 5.26 Å². The number of hydrogen-bond donors (Lipinski definition) is 1. The summed E-state index contributed by atoms with van der Waals surface area (Å²) >= 11 is 0. The highest BCUT2D eigenvalue weighted by atomic mass is 16.5. The van der Waals surface area contributed by atoms with Crippen molar-refractivity contribution < 1.29 is 14.3 Å². The Morgan fingerprint density at radius 1 is 1.21 bits per heavy atom. The van der Waals surface area contributed by atoms with Gasteiger partial charge in [0.1, 0.15) is 17.4 Å². The van der Waals surface area contributed by atoms with Crippen LogP contribution in [0.3, 0.4) is 0 Å². The summed E-state index contributed by atoms with van der Waals surface area (Å²) in [6.45, 7) is 1.60. The molecule has 0 atom stereocenters. The molecule has 0 aliphatic carbocycles. The Morgan fingerprint density at radius 3 is 2.61 bits per heavy atom. The molecule has 142 valence electrons. The number of likely N-dealkylation sites (tertiary alicyclic amines) is 1. The Morgan fingerprint density at radius 2 is 1.96 bits per heavy atom. The Kier molecular flexibility index (Phi) is 6.37. The van der Waals surface area contributed by atoms with Crippen molar-refractivity contribution in [2.75, 3.05) is 25.0 Å². The highest BCUT2D eigenvalue weighted by Gasteiger charge is 2.18. The van der Waals surface area contributed by atoms with E-state index in [-0.39, 0.29) is 18.1 Å². The summed E-state index contributed by atoms with van der Waals surface area (Å²) in [5.74, 6) is 0.0374. The van der Waals surface area contributed by atoms with E-state index in [4.69, 9.17) is 4.74 Å². The standard InChI is InChI=1S/C21H20N4O3/c22-13-17(21(27)24-18-4-3-9-23-14-18)12-16-5-7-19(8-6-16)28-15-20(26)25-10-1-2-11-25/h3-9,12,14H,1-2,10-11,15H2,(H,24,27)/b17-12+. The maximum Gasteiger partial charge on any atom is 0.266 e. The van der Waals surface area contributed by atoms with Crippen LogP contribution in [0.2, 0.25) is 0 Å². The summed E-state index contributed by atoms with van der Waals surface area (Å²) in [7, 11) is 0. The summed E-state index contributed by atoms with van der Waals surface area (Å²) < 4.78 is 5.53. The predicted octanol–water partition coefficient (Wildman–Crippen LogP) is 2.63. The van der Waals surface area contributed by atoms with E-state index in [1.807, 2.05) is 6.07 Å². The summed E-state index contributed by atoms with van der Waals surface area (Å²) in [6.07, 6.45) is 6.68. The Bertz CT molecular complexity index is 895. The van der Waals surface area contributed by atoms with Gasteiger partial charge >= 0.3 is 0 Å². The van der Waals surface area contributed by atoms with Gasteiger partial charge in [-0.15, -0.1) is 0 Å². The molecule has 0 unspecified atom stereocenters. The first-order valence-corrected chi connectivity index (χ1v) is 8.99. The van der Waals surface area contributed by atoms with Crippen molar-refractivity contribution in [1.82, 2.24) is 9.88 Å². The number of aromatic nitrogens is 1. The number of carbonyl (C=O) groups excluding carboxylic acids is 2. The Hall–Kier alpha value is -3.66. The van der Waals surface area contributed by atoms with Gasteiger partial charge in [0.05, 0.1) is 11.9 Å². The molecule has 3 rings (SSSR count). The van der Waals surface area contributed by atoms with E-state index in [0.29, 0.717) is 17.0 Å². The molecule has 7 nitrogen and oxygen atoms in total. The molecule has 1 fully saturated rings. The van der Waals surface area contributed by atoms with Crippen molar-refractivity contribution >= 4 is 23.6 Å². The van der Waals surface area contributed by atoms with Crippen molar-refractivity contribution in [2.45, 2.75) is 12.8 Å². The van der Waals surface area contributed by atoms with Crippen molar-refractivity contribution in [3.8, 4) is 11.8 Å². The molecular weight excluding hydrogens is 356 g/mol.